The van der Waals surface area contributed by atoms with Crippen LogP contribution in [0.1, 0.15) is 6.92 Å². The lowest BCUT2D eigenvalue weighted by molar-refractivity contribution is 0.232. The van der Waals surface area contributed by atoms with E-state index in [1.54, 1.807) is 0 Å². The van der Waals surface area contributed by atoms with Gasteiger partial charge in [-0.25, -0.2) is 0 Å². The van der Waals surface area contributed by atoms with Gasteiger partial charge in [0.1, 0.15) is 0 Å². The summed E-state index contributed by atoms with van der Waals surface area (Å²) in [6.45, 7) is 3.02. The van der Waals surface area contributed by atoms with Crippen molar-refractivity contribution < 1.29 is 4.39 Å². The van der Waals surface area contributed by atoms with Crippen LogP contribution in [0.2, 0.25) is 0 Å². The van der Waals surface area contributed by atoms with E-state index in [1.165, 1.54) is 0 Å². The Hall–Kier alpha value is -0.150. The summed E-state index contributed by atoms with van der Waals surface area (Å²) in [5.74, 6) is 0. The van der Waals surface area contributed by atoms with E-state index in [-0.39, 0.29) is 18.1 Å². The van der Waals surface area contributed by atoms with Crippen LogP contribution < -0.4 is 11.1 Å². The highest BCUT2D eigenvalue weighted by atomic mass is 19.1. The number of alkyl halides is 1. The van der Waals surface area contributed by atoms with Gasteiger partial charge in [0, 0.05) is 24.5 Å². The number of nitrogens with one attached hydrogen (secondary N) is 1. The third-order valence-corrected chi connectivity index (χ3v) is 2.09. The van der Waals surface area contributed by atoms with Crippen LogP contribution in [0.3, 0.4) is 0 Å². The largest absolute Gasteiger partial charge is 0.326 e. The van der Waals surface area contributed by atoms with Gasteiger partial charge in [0.05, 0.1) is 6.67 Å². The quantitative estimate of drug-likeness (QED) is 0.522. The molecule has 1 aliphatic heterocycles. The van der Waals surface area contributed by atoms with Crippen molar-refractivity contribution in [1.82, 2.24) is 5.32 Å². The first kappa shape index (κ1) is 6.96. The zero-order valence-electron chi connectivity index (χ0n) is 5.65. The van der Waals surface area contributed by atoms with Crippen LogP contribution in [0.15, 0.2) is 0 Å². The Balaban J connectivity index is 2.56. The molecule has 54 valence electrons. The molecule has 3 N–H and O–H groups in total. The monoisotopic (exact) mass is 132 g/mol. The van der Waals surface area contributed by atoms with Crippen molar-refractivity contribution in [3.05, 3.63) is 0 Å². The molecule has 2 unspecified atom stereocenters. The summed E-state index contributed by atoms with van der Waals surface area (Å²) < 4.78 is 12.2. The molecule has 0 radical (unpaired) electrons. The second-order valence-corrected chi connectivity index (χ2v) is 3.03. The molecule has 3 heteroatoms. The highest BCUT2D eigenvalue weighted by molar-refractivity contribution is 4.94. The van der Waals surface area contributed by atoms with Gasteiger partial charge in [-0.2, -0.15) is 0 Å². The van der Waals surface area contributed by atoms with Crippen LogP contribution in [-0.2, 0) is 0 Å². The molecular formula is C6H13FN2. The molecule has 2 atom stereocenters. The van der Waals surface area contributed by atoms with Gasteiger partial charge in [0.2, 0.25) is 0 Å². The van der Waals surface area contributed by atoms with Gasteiger partial charge < -0.3 is 11.1 Å². The standard InChI is InChI=1S/C6H13FN2/c1-6(3-7)4-9-2-5(6)8/h5,9H,2-4,8H2,1H3. The molecule has 2 nitrogen and oxygen atoms in total. The zero-order valence-corrected chi connectivity index (χ0v) is 5.65. The Morgan fingerprint density at radius 3 is 2.78 bits per heavy atom. The Morgan fingerprint density at radius 1 is 1.89 bits per heavy atom. The van der Waals surface area contributed by atoms with Gasteiger partial charge in [-0.05, 0) is 0 Å². The first-order valence-corrected chi connectivity index (χ1v) is 3.21. The average molecular weight is 132 g/mol. The van der Waals surface area contributed by atoms with Crippen molar-refractivity contribution in [3.8, 4) is 0 Å². The van der Waals surface area contributed by atoms with Crippen LogP contribution in [0.25, 0.3) is 0 Å². The first-order chi connectivity index (χ1) is 4.19. The highest BCUT2D eigenvalue weighted by Gasteiger charge is 2.36. The minimum Gasteiger partial charge on any atom is -0.326 e. The van der Waals surface area contributed by atoms with E-state index in [1.807, 2.05) is 6.92 Å². The summed E-state index contributed by atoms with van der Waals surface area (Å²) in [5, 5.41) is 3.05. The lowest BCUT2D eigenvalue weighted by Gasteiger charge is -2.23. The molecule has 1 heterocycles. The first-order valence-electron chi connectivity index (χ1n) is 3.21. The van der Waals surface area contributed by atoms with Gasteiger partial charge in [-0.1, -0.05) is 6.92 Å². The molecule has 0 aromatic rings. The molecule has 0 saturated carbocycles. The molecule has 1 rings (SSSR count). The van der Waals surface area contributed by atoms with Crippen molar-refractivity contribution in [2.75, 3.05) is 19.8 Å². The molecule has 9 heavy (non-hydrogen) atoms. The van der Waals surface area contributed by atoms with E-state index < -0.39 is 0 Å². The van der Waals surface area contributed by atoms with Crippen LogP contribution >= 0.6 is 0 Å². The molecule has 0 aromatic carbocycles. The van der Waals surface area contributed by atoms with Gasteiger partial charge in [-0.15, -0.1) is 0 Å². The van der Waals surface area contributed by atoms with Gasteiger partial charge in [-0.3, -0.25) is 4.39 Å². The van der Waals surface area contributed by atoms with E-state index in [0.29, 0.717) is 6.54 Å². The molecule has 0 aliphatic carbocycles. The Morgan fingerprint density at radius 2 is 2.56 bits per heavy atom. The van der Waals surface area contributed by atoms with E-state index in [0.717, 1.165) is 6.54 Å². The SMILES string of the molecule is CC1(CF)CNCC1N. The zero-order chi connectivity index (χ0) is 6.91. The van der Waals surface area contributed by atoms with Crippen molar-refractivity contribution in [1.29, 1.82) is 0 Å². The van der Waals surface area contributed by atoms with Crippen LogP contribution in [0, 0.1) is 5.41 Å². The number of hydrogen-bond acceptors (Lipinski definition) is 2. The average Bonchev–Trinajstić information content (AvgIpc) is 2.15. The molecule has 0 amide bonds. The van der Waals surface area contributed by atoms with E-state index in [2.05, 4.69) is 5.32 Å². The third kappa shape index (κ3) is 1.07. The van der Waals surface area contributed by atoms with Gasteiger partial charge in [0.15, 0.2) is 0 Å². The van der Waals surface area contributed by atoms with Gasteiger partial charge in [0.25, 0.3) is 0 Å². The summed E-state index contributed by atoms with van der Waals surface area (Å²) in [6.07, 6.45) is 0. The van der Waals surface area contributed by atoms with E-state index >= 15 is 0 Å². The third-order valence-electron chi connectivity index (χ3n) is 2.09. The van der Waals surface area contributed by atoms with Crippen LogP contribution in [-0.4, -0.2) is 25.8 Å². The molecule has 0 aromatic heterocycles. The van der Waals surface area contributed by atoms with E-state index in [9.17, 15) is 4.39 Å². The van der Waals surface area contributed by atoms with E-state index in [4.69, 9.17) is 5.73 Å². The number of hydrogen-bond donors (Lipinski definition) is 2. The molecule has 1 saturated heterocycles. The van der Waals surface area contributed by atoms with Crippen molar-refractivity contribution in [2.24, 2.45) is 11.1 Å². The number of rotatable bonds is 1. The smallest absolute Gasteiger partial charge is 0.0975 e. The number of nitrogens with two attached hydrogens (primary N) is 1. The summed E-state index contributed by atoms with van der Waals surface area (Å²) >= 11 is 0. The molecule has 1 aliphatic rings. The minimum atomic E-state index is -0.318. The molecule has 0 bridgehead atoms. The number of halogens is 1. The maximum Gasteiger partial charge on any atom is 0.0975 e. The van der Waals surface area contributed by atoms with Crippen LogP contribution in [0.5, 0.6) is 0 Å². The normalized spacial score (nSPS) is 43.7. The minimum absolute atomic E-state index is 0.0116. The Bertz CT molecular complexity index is 107. The molecule has 0 spiro atoms. The van der Waals surface area contributed by atoms with Gasteiger partial charge >= 0.3 is 0 Å². The van der Waals surface area contributed by atoms with Crippen LogP contribution in [0.4, 0.5) is 4.39 Å². The predicted molar refractivity (Wildman–Crippen MR) is 34.9 cm³/mol. The highest BCUT2D eigenvalue weighted by Crippen LogP contribution is 2.23. The molecule has 1 fully saturated rings. The summed E-state index contributed by atoms with van der Waals surface area (Å²) in [6, 6.07) is -0.0116. The van der Waals surface area contributed by atoms with Crippen molar-refractivity contribution in [3.63, 3.8) is 0 Å². The summed E-state index contributed by atoms with van der Waals surface area (Å²) in [4.78, 5) is 0. The summed E-state index contributed by atoms with van der Waals surface area (Å²) in [5.41, 5.74) is 5.32. The fourth-order valence-corrected chi connectivity index (χ4v) is 1.04. The Kier molecular flexibility index (Phi) is 1.73. The predicted octanol–water partition coefficient (Wildman–Crippen LogP) is -0.107. The van der Waals surface area contributed by atoms with Crippen molar-refractivity contribution in [2.45, 2.75) is 13.0 Å². The second-order valence-electron chi connectivity index (χ2n) is 3.03. The fourth-order valence-electron chi connectivity index (χ4n) is 1.04. The Labute approximate surface area is 54.6 Å². The topological polar surface area (TPSA) is 38.0 Å². The summed E-state index contributed by atoms with van der Waals surface area (Å²) in [7, 11) is 0. The maximum absolute atomic E-state index is 12.2. The maximum atomic E-state index is 12.2. The fraction of sp³-hybridized carbons (Fsp3) is 1.00. The lowest BCUT2D eigenvalue weighted by atomic mass is 9.88. The molecular weight excluding hydrogens is 119 g/mol. The second kappa shape index (κ2) is 2.23. The lowest BCUT2D eigenvalue weighted by Crippen LogP contribution is -2.39. The van der Waals surface area contributed by atoms with Crippen molar-refractivity contribution >= 4 is 0 Å².